The second-order valence-corrected chi connectivity index (χ2v) is 4.86. The van der Waals surface area contributed by atoms with Gasteiger partial charge < -0.3 is 10.2 Å². The highest BCUT2D eigenvalue weighted by Crippen LogP contribution is 2.29. The lowest BCUT2D eigenvalue weighted by Gasteiger charge is -2.32. The van der Waals surface area contributed by atoms with E-state index in [2.05, 4.69) is 31.0 Å². The number of nitrogens with zero attached hydrogens (tertiary/aromatic N) is 1. The van der Waals surface area contributed by atoms with Crippen molar-refractivity contribution in [2.24, 2.45) is 5.41 Å². The third-order valence-corrected chi connectivity index (χ3v) is 3.95. The first-order valence-corrected chi connectivity index (χ1v) is 6.13. The Morgan fingerprint density at radius 1 is 1.14 bits per heavy atom. The molecular weight excluding hydrogens is 172 g/mol. The minimum absolute atomic E-state index is 0.574. The summed E-state index contributed by atoms with van der Waals surface area (Å²) in [6.07, 6.45) is 3.99. The molecule has 0 saturated carbocycles. The molecule has 0 aliphatic carbocycles. The number of hydrogen-bond acceptors (Lipinski definition) is 2. The van der Waals surface area contributed by atoms with E-state index in [4.69, 9.17) is 0 Å². The van der Waals surface area contributed by atoms with Crippen LogP contribution in [0.3, 0.4) is 0 Å². The largest absolute Gasteiger partial charge is 0.314 e. The summed E-state index contributed by atoms with van der Waals surface area (Å²) in [6.45, 7) is 13.2. The predicted molar refractivity (Wildman–Crippen MR) is 62.6 cm³/mol. The van der Waals surface area contributed by atoms with Crippen LogP contribution in [0.25, 0.3) is 0 Å². The molecule has 2 heteroatoms. The van der Waals surface area contributed by atoms with Gasteiger partial charge in [0, 0.05) is 26.2 Å². The molecule has 84 valence electrons. The topological polar surface area (TPSA) is 15.3 Å². The van der Waals surface area contributed by atoms with Crippen molar-refractivity contribution in [1.82, 2.24) is 10.2 Å². The van der Waals surface area contributed by atoms with Gasteiger partial charge in [-0.05, 0) is 18.4 Å². The Balaban J connectivity index is 2.23. The Bertz CT molecular complexity index is 146. The standard InChI is InChI=1S/C12H26N2/c1-4-12(3,5-2)6-9-14-10-7-13-8-11-14/h13H,4-11H2,1-3H3. The summed E-state index contributed by atoms with van der Waals surface area (Å²) in [5, 5.41) is 3.40. The van der Waals surface area contributed by atoms with Gasteiger partial charge in [0.2, 0.25) is 0 Å². The molecule has 0 amide bonds. The van der Waals surface area contributed by atoms with Crippen LogP contribution in [0.5, 0.6) is 0 Å². The Labute approximate surface area is 89.1 Å². The Morgan fingerprint density at radius 2 is 1.71 bits per heavy atom. The van der Waals surface area contributed by atoms with Crippen LogP contribution in [0.4, 0.5) is 0 Å². The maximum atomic E-state index is 3.40. The summed E-state index contributed by atoms with van der Waals surface area (Å²) in [4.78, 5) is 2.60. The van der Waals surface area contributed by atoms with Crippen LogP contribution in [0.2, 0.25) is 0 Å². The van der Waals surface area contributed by atoms with E-state index in [1.165, 1.54) is 52.0 Å². The number of rotatable bonds is 5. The van der Waals surface area contributed by atoms with Gasteiger partial charge in [0.25, 0.3) is 0 Å². The van der Waals surface area contributed by atoms with E-state index in [-0.39, 0.29) is 0 Å². The van der Waals surface area contributed by atoms with Crippen molar-refractivity contribution in [3.63, 3.8) is 0 Å². The SMILES string of the molecule is CCC(C)(CC)CCN1CCNCC1. The molecule has 0 aromatic carbocycles. The summed E-state index contributed by atoms with van der Waals surface area (Å²) in [6, 6.07) is 0. The number of nitrogens with one attached hydrogen (secondary N) is 1. The van der Waals surface area contributed by atoms with Crippen LogP contribution in [-0.2, 0) is 0 Å². The molecule has 0 bridgehead atoms. The van der Waals surface area contributed by atoms with Gasteiger partial charge in [0.05, 0.1) is 0 Å². The van der Waals surface area contributed by atoms with Crippen LogP contribution >= 0.6 is 0 Å². The van der Waals surface area contributed by atoms with Gasteiger partial charge in [0.1, 0.15) is 0 Å². The minimum Gasteiger partial charge on any atom is -0.314 e. The molecule has 0 aromatic rings. The monoisotopic (exact) mass is 198 g/mol. The predicted octanol–water partition coefficient (Wildman–Crippen LogP) is 2.11. The van der Waals surface area contributed by atoms with E-state index in [0.29, 0.717) is 5.41 Å². The molecule has 0 spiro atoms. The molecule has 1 rings (SSSR count). The summed E-state index contributed by atoms with van der Waals surface area (Å²) in [5.41, 5.74) is 0.574. The van der Waals surface area contributed by atoms with Crippen molar-refractivity contribution in [1.29, 1.82) is 0 Å². The van der Waals surface area contributed by atoms with Crippen molar-refractivity contribution >= 4 is 0 Å². The van der Waals surface area contributed by atoms with Crippen molar-refractivity contribution in [3.05, 3.63) is 0 Å². The van der Waals surface area contributed by atoms with E-state index in [1.807, 2.05) is 0 Å². The van der Waals surface area contributed by atoms with Crippen LogP contribution in [0, 0.1) is 5.41 Å². The Kier molecular flexibility index (Phi) is 4.90. The normalized spacial score (nSPS) is 19.9. The van der Waals surface area contributed by atoms with Gasteiger partial charge in [0.15, 0.2) is 0 Å². The van der Waals surface area contributed by atoms with Crippen molar-refractivity contribution in [3.8, 4) is 0 Å². The van der Waals surface area contributed by atoms with Crippen LogP contribution in [-0.4, -0.2) is 37.6 Å². The van der Waals surface area contributed by atoms with Crippen molar-refractivity contribution < 1.29 is 0 Å². The fraction of sp³-hybridized carbons (Fsp3) is 1.00. The molecule has 0 atom stereocenters. The van der Waals surface area contributed by atoms with Crippen LogP contribution < -0.4 is 5.32 Å². The van der Waals surface area contributed by atoms with Crippen LogP contribution in [0.15, 0.2) is 0 Å². The minimum atomic E-state index is 0.574. The molecule has 0 radical (unpaired) electrons. The number of piperazine rings is 1. The second-order valence-electron chi connectivity index (χ2n) is 4.86. The lowest BCUT2D eigenvalue weighted by Crippen LogP contribution is -2.44. The van der Waals surface area contributed by atoms with Gasteiger partial charge >= 0.3 is 0 Å². The average Bonchev–Trinajstić information content (AvgIpc) is 2.27. The molecular formula is C12H26N2. The molecule has 1 aliphatic heterocycles. The van der Waals surface area contributed by atoms with Gasteiger partial charge in [-0.15, -0.1) is 0 Å². The smallest absolute Gasteiger partial charge is 0.0107 e. The fourth-order valence-electron chi connectivity index (χ4n) is 1.97. The molecule has 1 N–H and O–H groups in total. The third kappa shape index (κ3) is 3.58. The fourth-order valence-corrected chi connectivity index (χ4v) is 1.97. The van der Waals surface area contributed by atoms with E-state index < -0.39 is 0 Å². The highest BCUT2D eigenvalue weighted by Gasteiger charge is 2.21. The summed E-state index contributed by atoms with van der Waals surface area (Å²) >= 11 is 0. The summed E-state index contributed by atoms with van der Waals surface area (Å²) in [7, 11) is 0. The zero-order valence-corrected chi connectivity index (χ0v) is 10.1. The van der Waals surface area contributed by atoms with E-state index >= 15 is 0 Å². The highest BCUT2D eigenvalue weighted by molar-refractivity contribution is 4.75. The van der Waals surface area contributed by atoms with Gasteiger partial charge in [-0.25, -0.2) is 0 Å². The zero-order chi connectivity index (χ0) is 10.4. The molecule has 14 heavy (non-hydrogen) atoms. The van der Waals surface area contributed by atoms with Crippen molar-refractivity contribution in [2.75, 3.05) is 32.7 Å². The van der Waals surface area contributed by atoms with Crippen LogP contribution in [0.1, 0.15) is 40.0 Å². The summed E-state index contributed by atoms with van der Waals surface area (Å²) in [5.74, 6) is 0. The lowest BCUT2D eigenvalue weighted by atomic mass is 9.81. The molecule has 0 unspecified atom stereocenters. The van der Waals surface area contributed by atoms with Gasteiger partial charge in [-0.2, -0.15) is 0 Å². The lowest BCUT2D eigenvalue weighted by molar-refractivity contribution is 0.180. The van der Waals surface area contributed by atoms with Gasteiger partial charge in [-0.3, -0.25) is 0 Å². The molecule has 1 fully saturated rings. The Morgan fingerprint density at radius 3 is 2.21 bits per heavy atom. The molecule has 2 nitrogen and oxygen atoms in total. The molecule has 0 aromatic heterocycles. The maximum Gasteiger partial charge on any atom is 0.0107 e. The van der Waals surface area contributed by atoms with Gasteiger partial charge in [-0.1, -0.05) is 33.6 Å². The maximum absolute atomic E-state index is 3.40. The molecule has 1 heterocycles. The Hall–Kier alpha value is -0.0800. The molecule has 1 saturated heterocycles. The summed E-state index contributed by atoms with van der Waals surface area (Å²) < 4.78 is 0. The van der Waals surface area contributed by atoms with E-state index in [0.717, 1.165) is 0 Å². The van der Waals surface area contributed by atoms with Crippen molar-refractivity contribution in [2.45, 2.75) is 40.0 Å². The first-order valence-electron chi connectivity index (χ1n) is 6.13. The highest BCUT2D eigenvalue weighted by atomic mass is 15.2. The van der Waals surface area contributed by atoms with E-state index in [1.54, 1.807) is 0 Å². The average molecular weight is 198 g/mol. The first kappa shape index (κ1) is 12.0. The third-order valence-electron chi connectivity index (χ3n) is 3.95. The van der Waals surface area contributed by atoms with E-state index in [9.17, 15) is 0 Å². The molecule has 1 aliphatic rings. The number of hydrogen-bond donors (Lipinski definition) is 1. The second kappa shape index (κ2) is 5.72. The quantitative estimate of drug-likeness (QED) is 0.728. The first-order chi connectivity index (χ1) is 6.70. The zero-order valence-electron chi connectivity index (χ0n) is 10.1.